The van der Waals surface area contributed by atoms with E-state index in [-0.39, 0.29) is 42.2 Å². The maximum atomic E-state index is 14.1. The molecular weight excluding hydrogens is 568 g/mol. The first-order valence-corrected chi connectivity index (χ1v) is 14.0. The van der Waals surface area contributed by atoms with Gasteiger partial charge in [-0.25, -0.2) is 4.99 Å². The molecule has 0 aromatic heterocycles. The van der Waals surface area contributed by atoms with E-state index >= 15 is 0 Å². The van der Waals surface area contributed by atoms with Gasteiger partial charge in [0.15, 0.2) is 17.3 Å². The highest BCUT2D eigenvalue weighted by Gasteiger charge is 2.64. The number of nitrogens with one attached hydrogen (secondary N) is 1. The van der Waals surface area contributed by atoms with Gasteiger partial charge in [0, 0.05) is 31.3 Å². The van der Waals surface area contributed by atoms with Gasteiger partial charge < -0.3 is 42.1 Å². The molecule has 0 aliphatic heterocycles. The van der Waals surface area contributed by atoms with E-state index < -0.39 is 63.8 Å². The molecule has 1 saturated carbocycles. The second-order valence-electron chi connectivity index (χ2n) is 11.8. The summed E-state index contributed by atoms with van der Waals surface area (Å²) < 4.78 is 0. The van der Waals surface area contributed by atoms with Crippen molar-refractivity contribution in [3.63, 3.8) is 0 Å². The Balaban J connectivity index is 1.63. The number of aromatic hydroxyl groups is 1. The molecule has 3 aliphatic rings. The fourth-order valence-electron chi connectivity index (χ4n) is 6.72. The second-order valence-corrected chi connectivity index (χ2v) is 11.8. The zero-order chi connectivity index (χ0) is 32.2. The number of guanidine groups is 1. The second kappa shape index (κ2) is 11.0. The number of aliphatic imine (C=N–C) groups is 1. The number of likely N-dealkylation sites (N-methyl/N-ethyl adjacent to an activating group) is 1. The molecule has 0 heterocycles. The normalized spacial score (nSPS) is 25.0. The number of ketones is 2. The molecular formula is C31H36N6O7. The number of primary amides is 1. The summed E-state index contributed by atoms with van der Waals surface area (Å²) in [6.07, 6.45) is 0.159. The molecule has 5 rings (SSSR count). The Morgan fingerprint density at radius 2 is 1.75 bits per heavy atom. The number of phenols is 1. The highest BCUT2D eigenvalue weighted by Crippen LogP contribution is 2.54. The van der Waals surface area contributed by atoms with Crippen LogP contribution in [0.1, 0.15) is 23.1 Å². The molecule has 9 N–H and O–H groups in total. The van der Waals surface area contributed by atoms with Gasteiger partial charge in [-0.05, 0) is 50.0 Å². The highest BCUT2D eigenvalue weighted by atomic mass is 16.3. The quantitative estimate of drug-likeness (QED) is 0.107. The summed E-state index contributed by atoms with van der Waals surface area (Å²) in [4.78, 5) is 47.1. The lowest BCUT2D eigenvalue weighted by Crippen LogP contribution is -2.65. The van der Waals surface area contributed by atoms with Crippen molar-refractivity contribution in [2.45, 2.75) is 31.0 Å². The Kier molecular flexibility index (Phi) is 7.64. The number of aliphatic hydroxyl groups is 3. The smallest absolute Gasteiger partial charge is 0.255 e. The summed E-state index contributed by atoms with van der Waals surface area (Å²) in [6, 6.07) is 9.90. The number of anilines is 2. The van der Waals surface area contributed by atoms with E-state index in [9.17, 15) is 34.8 Å². The minimum Gasteiger partial charge on any atom is -0.508 e. The fourth-order valence-corrected chi connectivity index (χ4v) is 6.72. The first-order chi connectivity index (χ1) is 20.7. The van der Waals surface area contributed by atoms with Gasteiger partial charge in [0.25, 0.3) is 5.91 Å². The molecule has 0 unspecified atom stereocenters. The molecule has 13 nitrogen and oxygen atoms in total. The third-order valence-electron chi connectivity index (χ3n) is 8.72. The van der Waals surface area contributed by atoms with Crippen molar-refractivity contribution < 1.29 is 34.8 Å². The lowest BCUT2D eigenvalue weighted by Gasteiger charge is -2.50. The van der Waals surface area contributed by atoms with Crippen LogP contribution in [-0.2, 0) is 27.3 Å². The number of carbonyl (C=O) groups excluding carboxylic acids is 3. The summed E-state index contributed by atoms with van der Waals surface area (Å²) in [6.45, 7) is 0.276. The Morgan fingerprint density at radius 1 is 1.09 bits per heavy atom. The molecule has 2 aromatic rings. The van der Waals surface area contributed by atoms with Gasteiger partial charge in [0.05, 0.1) is 23.8 Å². The molecule has 44 heavy (non-hydrogen) atoms. The first-order valence-electron chi connectivity index (χ1n) is 14.0. The van der Waals surface area contributed by atoms with Crippen molar-refractivity contribution in [3.05, 3.63) is 70.0 Å². The number of hydrogen-bond donors (Lipinski definition) is 7. The summed E-state index contributed by atoms with van der Waals surface area (Å²) in [5.74, 6) is -7.15. The van der Waals surface area contributed by atoms with Crippen LogP contribution in [-0.4, -0.2) is 88.6 Å². The summed E-state index contributed by atoms with van der Waals surface area (Å²) in [7, 11) is 6.67. The molecule has 1 amide bonds. The van der Waals surface area contributed by atoms with Crippen LogP contribution < -0.4 is 21.7 Å². The number of benzene rings is 2. The highest BCUT2D eigenvalue weighted by molar-refractivity contribution is 6.24. The van der Waals surface area contributed by atoms with Crippen LogP contribution in [0.15, 0.2) is 58.3 Å². The Labute approximate surface area is 253 Å². The molecule has 0 bridgehead atoms. The standard InChI is InChI=1S/C31H36N6O7/c1-36(2)19-12-18(35-30(33)34-13-14-8-6-5-7-9-14)24(38)21-16(19)10-15-11-17-23(37(3)4)26(40)22(29(32)43)28(42)31(17,44)27(41)20(15)25(21)39/h5-9,12,15,17,23,38-39,42,44H,10-11,13H2,1-4H3,(H2,32,43)(H3,33,34,35)/t15-,17-,23-,31-/m0/s1. The van der Waals surface area contributed by atoms with Crippen LogP contribution in [0.25, 0.3) is 5.76 Å². The van der Waals surface area contributed by atoms with Gasteiger partial charge in [-0.3, -0.25) is 19.3 Å². The number of aliphatic hydroxyl groups excluding tert-OH is 2. The van der Waals surface area contributed by atoms with Crippen molar-refractivity contribution in [1.29, 1.82) is 0 Å². The van der Waals surface area contributed by atoms with Gasteiger partial charge in [0.2, 0.25) is 5.78 Å². The molecule has 232 valence electrons. The monoisotopic (exact) mass is 604 g/mol. The van der Waals surface area contributed by atoms with Crippen molar-refractivity contribution in [3.8, 4) is 5.75 Å². The van der Waals surface area contributed by atoms with Gasteiger partial charge >= 0.3 is 0 Å². The van der Waals surface area contributed by atoms with Crippen LogP contribution >= 0.6 is 0 Å². The third-order valence-corrected chi connectivity index (χ3v) is 8.72. The number of Topliss-reactive ketones (excluding diaryl/α,β-unsaturated/α-hetero) is 2. The predicted molar refractivity (Wildman–Crippen MR) is 164 cm³/mol. The van der Waals surface area contributed by atoms with E-state index in [1.54, 1.807) is 39.2 Å². The number of rotatable bonds is 6. The third kappa shape index (κ3) is 4.64. The van der Waals surface area contributed by atoms with E-state index in [0.717, 1.165) is 5.56 Å². The number of phenolic OH excluding ortho intramolecular Hbond substituents is 1. The fraction of sp³-hybridized carbons (Fsp3) is 0.355. The van der Waals surface area contributed by atoms with Gasteiger partial charge in [-0.15, -0.1) is 0 Å². The molecule has 2 aromatic carbocycles. The number of nitrogens with zero attached hydrogens (tertiary/aromatic N) is 3. The number of nitrogens with two attached hydrogens (primary N) is 2. The SMILES string of the molecule is CN(C)c1cc(NC(N)=NCc2ccccc2)c(O)c2c1C[C@H]1C[C@H]3[C@H](N(C)C)C(=O)C(C(N)=O)=C(O)[C@@]3(O)C(=O)C1=C2O. The van der Waals surface area contributed by atoms with E-state index in [0.29, 0.717) is 11.3 Å². The first kappa shape index (κ1) is 30.6. The summed E-state index contributed by atoms with van der Waals surface area (Å²) in [5, 5.41) is 48.8. The zero-order valence-corrected chi connectivity index (χ0v) is 24.8. The van der Waals surface area contributed by atoms with E-state index in [1.165, 1.54) is 4.90 Å². The summed E-state index contributed by atoms with van der Waals surface area (Å²) in [5.41, 5.74) is 9.83. The molecule has 13 heteroatoms. The van der Waals surface area contributed by atoms with Crippen molar-refractivity contribution in [2.75, 3.05) is 38.4 Å². The number of hydrogen-bond acceptors (Lipinski definition) is 10. The van der Waals surface area contributed by atoms with Crippen LogP contribution in [0.3, 0.4) is 0 Å². The van der Waals surface area contributed by atoms with Crippen LogP contribution in [0.4, 0.5) is 11.4 Å². The Hall–Kier alpha value is -4.88. The van der Waals surface area contributed by atoms with Gasteiger partial charge in [0.1, 0.15) is 22.8 Å². The Morgan fingerprint density at radius 3 is 2.34 bits per heavy atom. The van der Waals surface area contributed by atoms with E-state index in [1.807, 2.05) is 30.3 Å². The predicted octanol–water partition coefficient (Wildman–Crippen LogP) is 0.957. The molecule has 0 spiro atoms. The zero-order valence-electron chi connectivity index (χ0n) is 24.8. The Bertz CT molecular complexity index is 1660. The molecule has 3 aliphatic carbocycles. The van der Waals surface area contributed by atoms with Gasteiger partial charge in [-0.2, -0.15) is 0 Å². The minimum atomic E-state index is -2.71. The molecule has 4 atom stereocenters. The molecule has 1 fully saturated rings. The molecule has 0 radical (unpaired) electrons. The van der Waals surface area contributed by atoms with Crippen LogP contribution in [0, 0.1) is 11.8 Å². The van der Waals surface area contributed by atoms with Crippen LogP contribution in [0.5, 0.6) is 5.75 Å². The molecule has 0 saturated heterocycles. The van der Waals surface area contributed by atoms with Gasteiger partial charge in [-0.1, -0.05) is 30.3 Å². The topological polar surface area (TPSA) is 215 Å². The average Bonchev–Trinajstić information content (AvgIpc) is 2.95. The number of amides is 1. The van der Waals surface area contributed by atoms with Crippen molar-refractivity contribution in [1.82, 2.24) is 4.90 Å². The van der Waals surface area contributed by atoms with Crippen LogP contribution in [0.2, 0.25) is 0 Å². The average molecular weight is 605 g/mol. The van der Waals surface area contributed by atoms with E-state index in [4.69, 9.17) is 11.5 Å². The van der Waals surface area contributed by atoms with Crippen molar-refractivity contribution >= 4 is 40.6 Å². The summed E-state index contributed by atoms with van der Waals surface area (Å²) >= 11 is 0. The van der Waals surface area contributed by atoms with E-state index in [2.05, 4.69) is 10.3 Å². The number of carbonyl (C=O) groups is 3. The van der Waals surface area contributed by atoms with Crippen molar-refractivity contribution in [2.24, 2.45) is 28.3 Å². The maximum Gasteiger partial charge on any atom is 0.255 e. The number of fused-ring (bicyclic) bond motifs is 3. The minimum absolute atomic E-state index is 0.00150. The lowest BCUT2D eigenvalue weighted by molar-refractivity contribution is -0.153. The largest absolute Gasteiger partial charge is 0.508 e. The lowest BCUT2D eigenvalue weighted by atomic mass is 9.57. The maximum absolute atomic E-state index is 14.1.